The second-order valence-corrected chi connectivity index (χ2v) is 11.8. The summed E-state index contributed by atoms with van der Waals surface area (Å²) < 4.78 is 17.2. The molecule has 1 aliphatic carbocycles. The summed E-state index contributed by atoms with van der Waals surface area (Å²) in [5.41, 5.74) is -2.43. The number of carbonyl (C=O) groups excluding carboxylic acids is 2. The molecule has 2 amide bonds. The van der Waals surface area contributed by atoms with Crippen molar-refractivity contribution in [1.29, 1.82) is 0 Å². The Kier molecular flexibility index (Phi) is 9.27. The average molecular weight is 498 g/mol. The van der Waals surface area contributed by atoms with Crippen LogP contribution in [0.15, 0.2) is 0 Å². The van der Waals surface area contributed by atoms with E-state index >= 15 is 0 Å². The first-order valence-electron chi connectivity index (χ1n) is 12.5. The van der Waals surface area contributed by atoms with E-state index in [9.17, 15) is 24.6 Å². The van der Waals surface area contributed by atoms with E-state index in [4.69, 9.17) is 14.0 Å². The molecular weight excluding hydrogens is 455 g/mol. The number of unbranched alkanes of at least 4 members (excludes halogenated alkanes) is 1. The van der Waals surface area contributed by atoms with Gasteiger partial charge in [-0.2, -0.15) is 0 Å². The van der Waals surface area contributed by atoms with Gasteiger partial charge in [0.2, 0.25) is 5.91 Å². The van der Waals surface area contributed by atoms with Gasteiger partial charge in [0.05, 0.1) is 23.2 Å². The Balaban J connectivity index is 1.84. The number of carboxylic acids is 1. The monoisotopic (exact) mass is 498 g/mol. The van der Waals surface area contributed by atoms with E-state index in [1.165, 1.54) is 0 Å². The summed E-state index contributed by atoms with van der Waals surface area (Å²) in [5.74, 6) is -1.43. The third-order valence-corrected chi connectivity index (χ3v) is 7.25. The zero-order valence-corrected chi connectivity index (χ0v) is 22.2. The van der Waals surface area contributed by atoms with Gasteiger partial charge in [-0.15, -0.1) is 0 Å². The Labute approximate surface area is 209 Å². The predicted octanol–water partition coefficient (Wildman–Crippen LogP) is 2.87. The normalized spacial score (nSPS) is 26.3. The molecular formula is C24H43BN2O8. The lowest BCUT2D eigenvalue weighted by molar-refractivity contribution is -0.149. The Morgan fingerprint density at radius 1 is 1.11 bits per heavy atom. The van der Waals surface area contributed by atoms with Crippen LogP contribution < -0.4 is 10.6 Å². The Bertz CT molecular complexity index is 766. The van der Waals surface area contributed by atoms with Crippen molar-refractivity contribution in [2.24, 2.45) is 5.41 Å². The molecule has 4 N–H and O–H groups in total. The summed E-state index contributed by atoms with van der Waals surface area (Å²) in [4.78, 5) is 36.7. The molecule has 1 saturated heterocycles. The number of aliphatic hydroxyl groups excluding tert-OH is 1. The number of carboxylic acid groups (broad SMARTS) is 1. The fraction of sp³-hybridized carbons (Fsp3) is 0.875. The molecule has 0 bridgehead atoms. The third kappa shape index (κ3) is 7.82. The number of alkyl carbamates (subject to hydrolysis) is 1. The highest BCUT2D eigenvalue weighted by Crippen LogP contribution is 2.43. The summed E-state index contributed by atoms with van der Waals surface area (Å²) in [6.07, 6.45) is 3.12. The molecule has 200 valence electrons. The molecule has 1 saturated carbocycles. The van der Waals surface area contributed by atoms with Crippen molar-refractivity contribution in [2.45, 2.75) is 122 Å². The summed E-state index contributed by atoms with van der Waals surface area (Å²) >= 11 is 0. The fourth-order valence-corrected chi connectivity index (χ4v) is 4.58. The molecule has 2 rings (SSSR count). The number of amides is 2. The maximum atomic E-state index is 12.6. The highest BCUT2D eigenvalue weighted by Gasteiger charge is 2.51. The smallest absolute Gasteiger partial charge is 0.457 e. The first-order valence-corrected chi connectivity index (χ1v) is 12.5. The van der Waals surface area contributed by atoms with Crippen molar-refractivity contribution in [1.82, 2.24) is 10.6 Å². The molecule has 35 heavy (non-hydrogen) atoms. The number of hydrogen-bond acceptors (Lipinski definition) is 7. The molecule has 11 heteroatoms. The van der Waals surface area contributed by atoms with E-state index in [0.717, 1.165) is 6.42 Å². The maximum absolute atomic E-state index is 12.6. The van der Waals surface area contributed by atoms with Crippen LogP contribution in [0, 0.1) is 5.41 Å². The lowest BCUT2D eigenvalue weighted by atomic mass is 9.77. The van der Waals surface area contributed by atoms with Crippen LogP contribution in [0.5, 0.6) is 0 Å². The first-order chi connectivity index (χ1) is 16.0. The van der Waals surface area contributed by atoms with Gasteiger partial charge in [0.25, 0.3) is 0 Å². The van der Waals surface area contributed by atoms with Gasteiger partial charge in [-0.25, -0.2) is 4.79 Å². The lowest BCUT2D eigenvalue weighted by Crippen LogP contribution is -2.52. The van der Waals surface area contributed by atoms with Gasteiger partial charge in [0.1, 0.15) is 11.6 Å². The predicted molar refractivity (Wildman–Crippen MR) is 131 cm³/mol. The van der Waals surface area contributed by atoms with Gasteiger partial charge >= 0.3 is 19.2 Å². The molecule has 0 radical (unpaired) electrons. The van der Waals surface area contributed by atoms with Crippen molar-refractivity contribution in [3.05, 3.63) is 0 Å². The minimum atomic E-state index is -1.18. The topological polar surface area (TPSA) is 143 Å². The first kappa shape index (κ1) is 29.4. The number of carbonyl (C=O) groups is 3. The number of aliphatic hydroxyl groups is 1. The molecule has 0 aromatic rings. The van der Waals surface area contributed by atoms with Gasteiger partial charge in [0.15, 0.2) is 0 Å². The van der Waals surface area contributed by atoms with Crippen molar-refractivity contribution < 1.29 is 38.6 Å². The van der Waals surface area contributed by atoms with Crippen LogP contribution >= 0.6 is 0 Å². The van der Waals surface area contributed by atoms with Crippen LogP contribution in [-0.2, 0) is 23.6 Å². The minimum Gasteiger partial charge on any atom is -0.481 e. The second kappa shape index (κ2) is 11.0. The summed E-state index contributed by atoms with van der Waals surface area (Å²) in [7, 11) is -0.302. The van der Waals surface area contributed by atoms with Crippen molar-refractivity contribution in [3.8, 4) is 0 Å². The molecule has 0 spiro atoms. The Morgan fingerprint density at radius 3 is 2.23 bits per heavy atom. The largest absolute Gasteiger partial charge is 0.481 e. The van der Waals surface area contributed by atoms with E-state index in [2.05, 4.69) is 10.6 Å². The highest BCUT2D eigenvalue weighted by atomic mass is 16.7. The van der Waals surface area contributed by atoms with Gasteiger partial charge in [-0.3, -0.25) is 9.59 Å². The standard InChI is InChI=1S/C24H43BN2O8/c1-21(2,3)33-20(32)27-17(15-28)18(29)26-16-10-12-24(14-16,19(30)31)11-8-9-13-25-34-22(4,5)23(6,7)35-25/h16-17,28H,8-15H2,1-7H3,(H,26,29)(H,27,32)(H,30,31)/t16-,17-,24+/m0/s1. The summed E-state index contributed by atoms with van der Waals surface area (Å²) in [6, 6.07) is -1.53. The van der Waals surface area contributed by atoms with Gasteiger partial charge in [-0.1, -0.05) is 12.8 Å². The van der Waals surface area contributed by atoms with Gasteiger partial charge in [0, 0.05) is 6.04 Å². The third-order valence-electron chi connectivity index (χ3n) is 7.25. The number of nitrogens with one attached hydrogen (secondary N) is 2. The van der Waals surface area contributed by atoms with Crippen LogP contribution in [0.1, 0.15) is 87.0 Å². The van der Waals surface area contributed by atoms with Gasteiger partial charge in [-0.05, 0) is 80.5 Å². The molecule has 0 aromatic carbocycles. The van der Waals surface area contributed by atoms with Crippen LogP contribution in [0.4, 0.5) is 4.79 Å². The van der Waals surface area contributed by atoms with E-state index in [1.54, 1.807) is 20.8 Å². The molecule has 10 nitrogen and oxygen atoms in total. The van der Waals surface area contributed by atoms with Crippen LogP contribution in [0.2, 0.25) is 6.32 Å². The lowest BCUT2D eigenvalue weighted by Gasteiger charge is -2.32. The number of rotatable bonds is 10. The van der Waals surface area contributed by atoms with Crippen LogP contribution in [0.3, 0.4) is 0 Å². The van der Waals surface area contributed by atoms with E-state index in [0.29, 0.717) is 38.4 Å². The molecule has 0 aromatic heterocycles. The van der Waals surface area contributed by atoms with E-state index in [-0.39, 0.29) is 24.4 Å². The van der Waals surface area contributed by atoms with Crippen molar-refractivity contribution in [3.63, 3.8) is 0 Å². The van der Waals surface area contributed by atoms with E-state index in [1.807, 2.05) is 27.7 Å². The summed E-state index contributed by atoms with van der Waals surface area (Å²) in [6.45, 7) is 12.5. The zero-order chi connectivity index (χ0) is 26.7. The Morgan fingerprint density at radius 2 is 1.71 bits per heavy atom. The number of ether oxygens (including phenoxy) is 1. The average Bonchev–Trinajstić information content (AvgIpc) is 3.19. The highest BCUT2D eigenvalue weighted by molar-refractivity contribution is 6.45. The van der Waals surface area contributed by atoms with Crippen LogP contribution in [-0.4, -0.2) is 70.8 Å². The van der Waals surface area contributed by atoms with Crippen molar-refractivity contribution >= 4 is 25.1 Å². The molecule has 1 heterocycles. The molecule has 2 aliphatic rings. The summed E-state index contributed by atoms with van der Waals surface area (Å²) in [5, 5.41) is 24.7. The molecule has 3 atom stereocenters. The Hall–Kier alpha value is -1.85. The van der Waals surface area contributed by atoms with Gasteiger partial charge < -0.3 is 34.9 Å². The quantitative estimate of drug-likeness (QED) is 0.266. The molecule has 1 aliphatic heterocycles. The maximum Gasteiger partial charge on any atom is 0.457 e. The molecule has 0 unspecified atom stereocenters. The number of hydrogen-bond donors (Lipinski definition) is 4. The van der Waals surface area contributed by atoms with Crippen molar-refractivity contribution in [2.75, 3.05) is 6.61 Å². The number of aliphatic carboxylic acids is 1. The van der Waals surface area contributed by atoms with Crippen LogP contribution in [0.25, 0.3) is 0 Å². The zero-order valence-electron chi connectivity index (χ0n) is 22.2. The molecule has 2 fully saturated rings. The SMILES string of the molecule is CC(C)(C)OC(=O)N[C@@H](CO)C(=O)N[C@H]1CC[C@@](CCCCB2OC(C)(C)C(C)(C)O2)(C(=O)O)C1. The minimum absolute atomic E-state index is 0.301. The van der Waals surface area contributed by atoms with E-state index < -0.39 is 41.6 Å². The fourth-order valence-electron chi connectivity index (χ4n) is 4.58. The second-order valence-electron chi connectivity index (χ2n) is 11.8.